The summed E-state index contributed by atoms with van der Waals surface area (Å²) in [5.41, 5.74) is 1.79. The molecule has 2 nitrogen and oxygen atoms in total. The average Bonchev–Trinajstić information content (AvgIpc) is 2.81. The van der Waals surface area contributed by atoms with Gasteiger partial charge in [-0.15, -0.1) is 11.3 Å². The van der Waals surface area contributed by atoms with Crippen LogP contribution >= 0.6 is 11.3 Å². The van der Waals surface area contributed by atoms with Crippen molar-refractivity contribution in [3.63, 3.8) is 0 Å². The van der Waals surface area contributed by atoms with Crippen molar-refractivity contribution < 1.29 is 8.78 Å². The van der Waals surface area contributed by atoms with Crippen LogP contribution in [0.1, 0.15) is 46.9 Å². The molecule has 1 atom stereocenters. The van der Waals surface area contributed by atoms with E-state index in [1.807, 2.05) is 0 Å². The van der Waals surface area contributed by atoms with Crippen LogP contribution in [0, 0.1) is 11.6 Å². The summed E-state index contributed by atoms with van der Waals surface area (Å²) in [6.07, 6.45) is 3.77. The first-order valence-corrected chi connectivity index (χ1v) is 8.14. The number of aryl methyl sites for hydroxylation is 1. The SMILES string of the molecule is CCNC1CCCc2nc(Cc3cc(F)cc(F)c3)sc21. The molecule has 2 aromatic rings. The molecule has 0 fully saturated rings. The number of hydrogen-bond acceptors (Lipinski definition) is 3. The van der Waals surface area contributed by atoms with E-state index in [0.29, 0.717) is 18.0 Å². The molecule has 112 valence electrons. The molecule has 1 unspecified atom stereocenters. The summed E-state index contributed by atoms with van der Waals surface area (Å²) in [4.78, 5) is 5.97. The van der Waals surface area contributed by atoms with E-state index in [4.69, 9.17) is 0 Å². The zero-order valence-electron chi connectivity index (χ0n) is 12.0. The summed E-state index contributed by atoms with van der Waals surface area (Å²) in [5, 5.41) is 4.43. The van der Waals surface area contributed by atoms with Crippen molar-refractivity contribution in [3.8, 4) is 0 Å². The van der Waals surface area contributed by atoms with E-state index in [1.165, 1.54) is 17.0 Å². The predicted octanol–water partition coefficient (Wildman–Crippen LogP) is 4.00. The minimum atomic E-state index is -0.531. The van der Waals surface area contributed by atoms with Crippen LogP contribution in [0.15, 0.2) is 18.2 Å². The van der Waals surface area contributed by atoms with Crippen LogP contribution in [0.25, 0.3) is 0 Å². The third-order valence-electron chi connectivity index (χ3n) is 3.72. The molecule has 1 heterocycles. The molecule has 1 aliphatic carbocycles. The van der Waals surface area contributed by atoms with Gasteiger partial charge in [0.1, 0.15) is 11.6 Å². The minimum Gasteiger partial charge on any atom is -0.309 e. The van der Waals surface area contributed by atoms with Crippen molar-refractivity contribution in [2.24, 2.45) is 0 Å². The Morgan fingerprint density at radius 2 is 2.05 bits per heavy atom. The molecule has 0 saturated heterocycles. The Morgan fingerprint density at radius 1 is 1.29 bits per heavy atom. The fourth-order valence-corrected chi connectivity index (χ4v) is 4.13. The van der Waals surface area contributed by atoms with Crippen molar-refractivity contribution in [1.29, 1.82) is 0 Å². The smallest absolute Gasteiger partial charge is 0.126 e. The summed E-state index contributed by atoms with van der Waals surface area (Å²) in [5.74, 6) is -1.06. The van der Waals surface area contributed by atoms with Crippen molar-refractivity contribution in [3.05, 3.63) is 51.0 Å². The van der Waals surface area contributed by atoms with Crippen molar-refractivity contribution in [2.75, 3.05) is 6.54 Å². The number of nitrogens with zero attached hydrogens (tertiary/aromatic N) is 1. The van der Waals surface area contributed by atoms with Crippen molar-refractivity contribution in [2.45, 2.75) is 38.6 Å². The number of benzene rings is 1. The lowest BCUT2D eigenvalue weighted by Gasteiger charge is -2.21. The van der Waals surface area contributed by atoms with Gasteiger partial charge in [0, 0.05) is 23.4 Å². The number of thiazole rings is 1. The molecular formula is C16H18F2N2S. The van der Waals surface area contributed by atoms with Crippen molar-refractivity contribution >= 4 is 11.3 Å². The zero-order valence-corrected chi connectivity index (χ0v) is 12.8. The lowest BCUT2D eigenvalue weighted by Crippen LogP contribution is -2.23. The van der Waals surface area contributed by atoms with Crippen LogP contribution in [0.2, 0.25) is 0 Å². The third-order valence-corrected chi connectivity index (χ3v) is 4.93. The molecule has 0 bridgehead atoms. The molecule has 0 saturated carbocycles. The van der Waals surface area contributed by atoms with Gasteiger partial charge < -0.3 is 5.32 Å². The monoisotopic (exact) mass is 308 g/mol. The number of aromatic nitrogens is 1. The third kappa shape index (κ3) is 3.30. The van der Waals surface area contributed by atoms with Gasteiger partial charge in [-0.2, -0.15) is 0 Å². The number of halogens is 2. The van der Waals surface area contributed by atoms with Gasteiger partial charge in [0.15, 0.2) is 0 Å². The molecule has 1 aliphatic rings. The number of hydrogen-bond donors (Lipinski definition) is 1. The number of rotatable bonds is 4. The van der Waals surface area contributed by atoms with Crippen LogP contribution in [0.3, 0.4) is 0 Å². The maximum absolute atomic E-state index is 13.3. The summed E-state index contributed by atoms with van der Waals surface area (Å²) >= 11 is 1.67. The summed E-state index contributed by atoms with van der Waals surface area (Å²) < 4.78 is 26.5. The Kier molecular flexibility index (Phi) is 4.31. The Labute approximate surface area is 127 Å². The minimum absolute atomic E-state index is 0.384. The molecule has 0 radical (unpaired) electrons. The second kappa shape index (κ2) is 6.20. The molecule has 5 heteroatoms. The normalized spacial score (nSPS) is 17.8. The zero-order chi connectivity index (χ0) is 14.8. The Bertz CT molecular complexity index is 619. The summed E-state index contributed by atoms with van der Waals surface area (Å²) in [6.45, 7) is 3.04. The molecule has 1 N–H and O–H groups in total. The highest BCUT2D eigenvalue weighted by molar-refractivity contribution is 7.11. The summed E-state index contributed by atoms with van der Waals surface area (Å²) in [6, 6.07) is 4.04. The van der Waals surface area contributed by atoms with Gasteiger partial charge in [-0.25, -0.2) is 13.8 Å². The van der Waals surface area contributed by atoms with Crippen LogP contribution in [0.5, 0.6) is 0 Å². The van der Waals surface area contributed by atoms with E-state index in [0.717, 1.165) is 42.6 Å². The lowest BCUT2D eigenvalue weighted by atomic mass is 9.98. The largest absolute Gasteiger partial charge is 0.309 e. The Hall–Kier alpha value is -1.33. The number of nitrogens with one attached hydrogen (secondary N) is 1. The van der Waals surface area contributed by atoms with E-state index in [-0.39, 0.29) is 0 Å². The molecule has 21 heavy (non-hydrogen) atoms. The maximum atomic E-state index is 13.3. The Morgan fingerprint density at radius 3 is 2.76 bits per heavy atom. The second-order valence-corrected chi connectivity index (χ2v) is 6.49. The highest BCUT2D eigenvalue weighted by atomic mass is 32.1. The molecule has 0 aliphatic heterocycles. The van der Waals surface area contributed by atoms with Crippen LogP contribution in [-0.2, 0) is 12.8 Å². The molecular weight excluding hydrogens is 290 g/mol. The second-order valence-electron chi connectivity index (χ2n) is 5.38. The van der Waals surface area contributed by atoms with E-state index < -0.39 is 11.6 Å². The highest BCUT2D eigenvalue weighted by Gasteiger charge is 2.23. The highest BCUT2D eigenvalue weighted by Crippen LogP contribution is 2.34. The van der Waals surface area contributed by atoms with E-state index in [1.54, 1.807) is 11.3 Å². The first kappa shape index (κ1) is 14.6. The van der Waals surface area contributed by atoms with Crippen molar-refractivity contribution in [1.82, 2.24) is 10.3 Å². The predicted molar refractivity (Wildman–Crippen MR) is 80.6 cm³/mol. The van der Waals surface area contributed by atoms with Crippen LogP contribution < -0.4 is 5.32 Å². The molecule has 3 rings (SSSR count). The lowest BCUT2D eigenvalue weighted by molar-refractivity contribution is 0.476. The maximum Gasteiger partial charge on any atom is 0.126 e. The van der Waals surface area contributed by atoms with Gasteiger partial charge in [-0.1, -0.05) is 6.92 Å². The first-order valence-electron chi connectivity index (χ1n) is 7.32. The molecule has 1 aromatic carbocycles. The van der Waals surface area contributed by atoms with E-state index >= 15 is 0 Å². The fraction of sp³-hybridized carbons (Fsp3) is 0.438. The quantitative estimate of drug-likeness (QED) is 0.923. The Balaban J connectivity index is 1.84. The van der Waals surface area contributed by atoms with Gasteiger partial charge in [-0.05, 0) is 43.5 Å². The van der Waals surface area contributed by atoms with E-state index in [9.17, 15) is 8.78 Å². The molecule has 1 aromatic heterocycles. The molecule has 0 spiro atoms. The standard InChI is InChI=1S/C16H18F2N2S/c1-2-19-13-4-3-5-14-16(13)21-15(20-14)8-10-6-11(17)9-12(18)7-10/h6-7,9,13,19H,2-5,8H2,1H3. The fourth-order valence-electron chi connectivity index (χ4n) is 2.87. The average molecular weight is 308 g/mol. The van der Waals surface area contributed by atoms with Gasteiger partial charge in [0.05, 0.1) is 10.7 Å². The van der Waals surface area contributed by atoms with E-state index in [2.05, 4.69) is 17.2 Å². The first-order chi connectivity index (χ1) is 10.2. The number of fused-ring (bicyclic) bond motifs is 1. The van der Waals surface area contributed by atoms with Gasteiger partial charge in [-0.3, -0.25) is 0 Å². The summed E-state index contributed by atoms with van der Waals surface area (Å²) in [7, 11) is 0. The van der Waals surface area contributed by atoms with Crippen LogP contribution in [0.4, 0.5) is 8.78 Å². The van der Waals surface area contributed by atoms with Gasteiger partial charge in [0.25, 0.3) is 0 Å². The van der Waals surface area contributed by atoms with Gasteiger partial charge >= 0.3 is 0 Å². The topological polar surface area (TPSA) is 24.9 Å². The van der Waals surface area contributed by atoms with Crippen LogP contribution in [-0.4, -0.2) is 11.5 Å². The molecule has 0 amide bonds. The van der Waals surface area contributed by atoms with Gasteiger partial charge in [0.2, 0.25) is 0 Å².